The van der Waals surface area contributed by atoms with Crippen molar-refractivity contribution in [3.63, 3.8) is 0 Å². The van der Waals surface area contributed by atoms with Gasteiger partial charge in [0, 0.05) is 5.02 Å². The molecule has 34 heavy (non-hydrogen) atoms. The van der Waals surface area contributed by atoms with Crippen molar-refractivity contribution in [3.8, 4) is 5.75 Å². The van der Waals surface area contributed by atoms with Gasteiger partial charge in [0.2, 0.25) is 0 Å². The number of carbonyl (C=O) groups is 3. The van der Waals surface area contributed by atoms with Gasteiger partial charge in [-0.1, -0.05) is 54.9 Å². The number of carbonyl (C=O) groups excluding carboxylic acids is 3. The van der Waals surface area contributed by atoms with E-state index in [0.717, 1.165) is 16.0 Å². The second kappa shape index (κ2) is 10.2. The predicted molar refractivity (Wildman–Crippen MR) is 135 cm³/mol. The molecule has 172 valence electrons. The highest BCUT2D eigenvalue weighted by molar-refractivity contribution is 9.10. The summed E-state index contributed by atoms with van der Waals surface area (Å²) in [6.45, 7) is 2.26. The maximum Gasteiger partial charge on any atom is 0.335 e. The molecule has 3 aromatic rings. The van der Waals surface area contributed by atoms with Crippen LogP contribution in [0, 0.1) is 0 Å². The summed E-state index contributed by atoms with van der Waals surface area (Å²) in [6.07, 6.45) is 2.08. The van der Waals surface area contributed by atoms with Gasteiger partial charge in [0.05, 0.1) is 10.2 Å². The number of hydrogen-bond donors (Lipinski definition) is 1. The zero-order valence-electron chi connectivity index (χ0n) is 18.2. The molecular weight excluding hydrogens is 520 g/mol. The summed E-state index contributed by atoms with van der Waals surface area (Å²) in [5.41, 5.74) is 2.66. The Kier molecular flexibility index (Phi) is 7.14. The average Bonchev–Trinajstić information content (AvgIpc) is 2.81. The molecule has 0 unspecified atom stereocenters. The van der Waals surface area contributed by atoms with Crippen LogP contribution in [0.1, 0.15) is 23.6 Å². The second-order valence-electron chi connectivity index (χ2n) is 7.55. The summed E-state index contributed by atoms with van der Waals surface area (Å²) < 4.78 is 6.50. The van der Waals surface area contributed by atoms with Crippen LogP contribution >= 0.6 is 27.5 Å². The molecule has 6 nitrogen and oxygen atoms in total. The summed E-state index contributed by atoms with van der Waals surface area (Å²) in [5.74, 6) is -0.820. The van der Waals surface area contributed by atoms with Gasteiger partial charge < -0.3 is 4.74 Å². The van der Waals surface area contributed by atoms with Gasteiger partial charge in [-0.15, -0.1) is 0 Å². The number of ether oxygens (including phenoxy) is 1. The van der Waals surface area contributed by atoms with E-state index in [1.54, 1.807) is 36.4 Å². The number of rotatable bonds is 6. The molecule has 1 N–H and O–H groups in total. The molecule has 3 aromatic carbocycles. The Labute approximate surface area is 210 Å². The van der Waals surface area contributed by atoms with Crippen molar-refractivity contribution < 1.29 is 19.1 Å². The predicted octanol–water partition coefficient (Wildman–Crippen LogP) is 5.91. The lowest BCUT2D eigenvalue weighted by atomic mass is 10.0. The van der Waals surface area contributed by atoms with E-state index in [4.69, 9.17) is 16.3 Å². The molecule has 1 aliphatic rings. The quantitative estimate of drug-likeness (QED) is 0.312. The van der Waals surface area contributed by atoms with Crippen LogP contribution in [0.4, 0.5) is 10.5 Å². The number of nitrogens with one attached hydrogen (secondary N) is 1. The van der Waals surface area contributed by atoms with Crippen LogP contribution in [0.15, 0.2) is 76.8 Å². The second-order valence-corrected chi connectivity index (χ2v) is 8.84. The average molecular weight is 540 g/mol. The van der Waals surface area contributed by atoms with E-state index in [1.165, 1.54) is 6.08 Å². The maximum atomic E-state index is 13.2. The Morgan fingerprint density at radius 2 is 1.82 bits per heavy atom. The Morgan fingerprint density at radius 1 is 1.03 bits per heavy atom. The van der Waals surface area contributed by atoms with Crippen LogP contribution in [0.25, 0.3) is 6.08 Å². The van der Waals surface area contributed by atoms with Crippen molar-refractivity contribution >= 4 is 57.1 Å². The summed E-state index contributed by atoms with van der Waals surface area (Å²) in [7, 11) is 0. The standard InChI is InChI=1S/C26H20BrClN2O4/c1-2-18-7-3-4-9-22(18)30-25(32)20(24(31)29-26(30)33)13-16-10-11-23(21(27)14-16)34-15-17-6-5-8-19(28)12-17/h3-14H,2,15H2,1H3,(H,29,31,33)/b20-13-. The molecule has 1 heterocycles. The van der Waals surface area contributed by atoms with Crippen molar-refractivity contribution in [1.29, 1.82) is 0 Å². The van der Waals surface area contributed by atoms with Gasteiger partial charge in [-0.2, -0.15) is 0 Å². The number of amides is 4. The van der Waals surface area contributed by atoms with Crippen molar-refractivity contribution in [3.05, 3.63) is 98.5 Å². The largest absolute Gasteiger partial charge is 0.488 e. The molecule has 4 amide bonds. The molecule has 1 fully saturated rings. The van der Waals surface area contributed by atoms with Gasteiger partial charge in [-0.3, -0.25) is 14.9 Å². The highest BCUT2D eigenvalue weighted by atomic mass is 79.9. The van der Waals surface area contributed by atoms with Crippen LogP contribution in [0.5, 0.6) is 5.75 Å². The number of imide groups is 2. The third-order valence-corrected chi connectivity index (χ3v) is 6.12. The molecule has 0 radical (unpaired) electrons. The number of anilines is 1. The molecule has 1 saturated heterocycles. The number of hydrogen-bond acceptors (Lipinski definition) is 4. The van der Waals surface area contributed by atoms with Gasteiger partial charge in [0.25, 0.3) is 11.8 Å². The van der Waals surface area contributed by atoms with Crippen molar-refractivity contribution in [2.75, 3.05) is 4.90 Å². The Hall–Kier alpha value is -3.42. The van der Waals surface area contributed by atoms with Crippen LogP contribution in [-0.2, 0) is 22.6 Å². The third-order valence-electron chi connectivity index (χ3n) is 5.27. The molecule has 0 aromatic heterocycles. The van der Waals surface area contributed by atoms with Crippen LogP contribution in [0.3, 0.4) is 0 Å². The molecule has 0 aliphatic carbocycles. The SMILES string of the molecule is CCc1ccccc1N1C(=O)NC(=O)/C(=C/c2ccc(OCc3cccc(Cl)c3)c(Br)c2)C1=O. The van der Waals surface area contributed by atoms with E-state index in [2.05, 4.69) is 21.2 Å². The Bertz CT molecular complexity index is 1320. The van der Waals surface area contributed by atoms with Crippen LogP contribution in [-0.4, -0.2) is 17.8 Å². The van der Waals surface area contributed by atoms with E-state index in [9.17, 15) is 14.4 Å². The fourth-order valence-corrected chi connectivity index (χ4v) is 4.31. The number of aryl methyl sites for hydroxylation is 1. The summed E-state index contributed by atoms with van der Waals surface area (Å²) in [6, 6.07) is 18.9. The first kappa shape index (κ1) is 23.7. The van der Waals surface area contributed by atoms with Crippen molar-refractivity contribution in [1.82, 2.24) is 5.32 Å². The Balaban J connectivity index is 1.58. The molecule has 4 rings (SSSR count). The maximum absolute atomic E-state index is 13.2. The highest BCUT2D eigenvalue weighted by Crippen LogP contribution is 2.30. The van der Waals surface area contributed by atoms with Gasteiger partial charge in [0.1, 0.15) is 17.9 Å². The first-order valence-electron chi connectivity index (χ1n) is 10.5. The van der Waals surface area contributed by atoms with Gasteiger partial charge >= 0.3 is 6.03 Å². The first-order chi connectivity index (χ1) is 16.4. The minimum Gasteiger partial charge on any atom is -0.488 e. The lowest BCUT2D eigenvalue weighted by Gasteiger charge is -2.28. The topological polar surface area (TPSA) is 75.7 Å². The van der Waals surface area contributed by atoms with E-state index < -0.39 is 17.8 Å². The molecule has 8 heteroatoms. The van der Waals surface area contributed by atoms with E-state index in [0.29, 0.717) is 39.5 Å². The monoisotopic (exact) mass is 538 g/mol. The normalized spacial score (nSPS) is 15.0. The number of halogens is 2. The molecular formula is C26H20BrClN2O4. The molecule has 0 atom stereocenters. The third kappa shape index (κ3) is 5.05. The summed E-state index contributed by atoms with van der Waals surface area (Å²) >= 11 is 9.49. The minimum absolute atomic E-state index is 0.134. The molecule has 0 spiro atoms. The Morgan fingerprint density at radius 3 is 2.56 bits per heavy atom. The van der Waals surface area contributed by atoms with E-state index >= 15 is 0 Å². The van der Waals surface area contributed by atoms with Crippen molar-refractivity contribution in [2.45, 2.75) is 20.0 Å². The van der Waals surface area contributed by atoms with Gasteiger partial charge in [-0.05, 0) is 75.4 Å². The van der Waals surface area contributed by atoms with Gasteiger partial charge in [-0.25, -0.2) is 9.69 Å². The lowest BCUT2D eigenvalue weighted by Crippen LogP contribution is -2.54. The van der Waals surface area contributed by atoms with E-state index in [1.807, 2.05) is 37.3 Å². The number of para-hydroxylation sites is 1. The lowest BCUT2D eigenvalue weighted by molar-refractivity contribution is -0.122. The first-order valence-corrected chi connectivity index (χ1v) is 11.7. The number of nitrogens with zero attached hydrogens (tertiary/aromatic N) is 1. The summed E-state index contributed by atoms with van der Waals surface area (Å²) in [5, 5.41) is 2.89. The van der Waals surface area contributed by atoms with Crippen molar-refractivity contribution in [2.24, 2.45) is 0 Å². The number of benzene rings is 3. The molecule has 1 aliphatic heterocycles. The highest BCUT2D eigenvalue weighted by Gasteiger charge is 2.37. The summed E-state index contributed by atoms with van der Waals surface area (Å²) in [4.78, 5) is 39.2. The number of barbiturate groups is 1. The molecule has 0 bridgehead atoms. The fraction of sp³-hybridized carbons (Fsp3) is 0.115. The molecule has 0 saturated carbocycles. The van der Waals surface area contributed by atoms with Gasteiger partial charge in [0.15, 0.2) is 0 Å². The number of urea groups is 1. The smallest absolute Gasteiger partial charge is 0.335 e. The fourth-order valence-electron chi connectivity index (χ4n) is 3.58. The van der Waals surface area contributed by atoms with E-state index in [-0.39, 0.29) is 5.57 Å². The van der Waals surface area contributed by atoms with Crippen LogP contribution in [0.2, 0.25) is 5.02 Å². The zero-order chi connectivity index (χ0) is 24.2. The minimum atomic E-state index is -0.765. The zero-order valence-corrected chi connectivity index (χ0v) is 20.5. The van der Waals surface area contributed by atoms with Crippen LogP contribution < -0.4 is 15.0 Å².